The van der Waals surface area contributed by atoms with E-state index in [1.165, 1.54) is 15.1 Å². The molecule has 0 saturated carbocycles. The number of halogens is 1. The van der Waals surface area contributed by atoms with Crippen LogP contribution in [0.2, 0.25) is 5.02 Å². The van der Waals surface area contributed by atoms with Crippen molar-refractivity contribution in [2.45, 2.75) is 46.6 Å². The average molecular weight is 388 g/mol. The van der Waals surface area contributed by atoms with Gasteiger partial charge < -0.3 is 0 Å². The van der Waals surface area contributed by atoms with Gasteiger partial charge in [-0.15, -0.1) is 16.4 Å². The minimum absolute atomic E-state index is 0.0309. The van der Waals surface area contributed by atoms with Crippen LogP contribution in [0.1, 0.15) is 43.2 Å². The van der Waals surface area contributed by atoms with E-state index in [9.17, 15) is 4.79 Å². The maximum absolute atomic E-state index is 13.1. The molecule has 0 bridgehead atoms. The second-order valence-electron chi connectivity index (χ2n) is 8.17. The number of fused-ring (bicyclic) bond motifs is 3. The summed E-state index contributed by atoms with van der Waals surface area (Å²) >= 11 is 7.58. The fourth-order valence-electron chi connectivity index (χ4n) is 3.73. The van der Waals surface area contributed by atoms with E-state index in [4.69, 9.17) is 11.6 Å². The summed E-state index contributed by atoms with van der Waals surface area (Å²) in [5.41, 5.74) is 2.45. The highest BCUT2D eigenvalue weighted by Crippen LogP contribution is 2.41. The molecule has 26 heavy (non-hydrogen) atoms. The molecular weight excluding hydrogens is 366 g/mol. The second-order valence-corrected chi connectivity index (χ2v) is 9.69. The van der Waals surface area contributed by atoms with Crippen LogP contribution in [0.5, 0.6) is 0 Å². The zero-order valence-corrected chi connectivity index (χ0v) is 16.8. The first-order chi connectivity index (χ1) is 12.3. The smallest absolute Gasteiger partial charge is 0.267 e. The van der Waals surface area contributed by atoms with Gasteiger partial charge in [0.15, 0.2) is 4.83 Å². The van der Waals surface area contributed by atoms with Crippen molar-refractivity contribution in [3.63, 3.8) is 0 Å². The molecule has 136 valence electrons. The van der Waals surface area contributed by atoms with Crippen molar-refractivity contribution >= 4 is 33.2 Å². The van der Waals surface area contributed by atoms with E-state index in [0.29, 0.717) is 17.5 Å². The first-order valence-electron chi connectivity index (χ1n) is 8.95. The topological polar surface area (TPSA) is 47.8 Å². The van der Waals surface area contributed by atoms with Gasteiger partial charge in [-0.2, -0.15) is 0 Å². The zero-order chi connectivity index (χ0) is 18.5. The number of rotatable bonds is 2. The fourth-order valence-corrected chi connectivity index (χ4v) is 5.09. The first-order valence-corrected chi connectivity index (χ1v) is 10.1. The van der Waals surface area contributed by atoms with Gasteiger partial charge in [0.05, 0.1) is 11.9 Å². The predicted molar refractivity (Wildman–Crippen MR) is 107 cm³/mol. The van der Waals surface area contributed by atoms with Crippen LogP contribution in [0.4, 0.5) is 0 Å². The lowest BCUT2D eigenvalue weighted by molar-refractivity contribution is 0.218. The second kappa shape index (κ2) is 6.46. The third-order valence-electron chi connectivity index (χ3n) is 5.41. The van der Waals surface area contributed by atoms with Crippen LogP contribution < -0.4 is 5.56 Å². The molecule has 4 nitrogen and oxygen atoms in total. The Hall–Kier alpha value is -1.72. The van der Waals surface area contributed by atoms with Crippen LogP contribution in [0.15, 0.2) is 29.1 Å². The third-order valence-corrected chi connectivity index (χ3v) is 6.80. The Morgan fingerprint density at radius 1 is 1.27 bits per heavy atom. The van der Waals surface area contributed by atoms with Gasteiger partial charge >= 0.3 is 0 Å². The summed E-state index contributed by atoms with van der Waals surface area (Å²) in [4.78, 5) is 15.2. The maximum Gasteiger partial charge on any atom is 0.279 e. The number of thiophene rings is 1. The number of hydrogen-bond donors (Lipinski definition) is 0. The molecule has 1 aromatic carbocycles. The van der Waals surface area contributed by atoms with Gasteiger partial charge in [0, 0.05) is 9.90 Å². The number of nitrogens with zero attached hydrogens (tertiary/aromatic N) is 3. The largest absolute Gasteiger partial charge is 0.279 e. The van der Waals surface area contributed by atoms with Crippen LogP contribution in [-0.2, 0) is 19.4 Å². The molecule has 0 aliphatic heterocycles. The van der Waals surface area contributed by atoms with Crippen LogP contribution in [-0.4, -0.2) is 15.0 Å². The van der Waals surface area contributed by atoms with Gasteiger partial charge in [0.25, 0.3) is 5.56 Å². The van der Waals surface area contributed by atoms with Crippen LogP contribution in [0.3, 0.4) is 0 Å². The summed E-state index contributed by atoms with van der Waals surface area (Å²) in [6.07, 6.45) is 3.12. The number of aromatic nitrogens is 3. The Labute approximate surface area is 161 Å². The van der Waals surface area contributed by atoms with Crippen molar-refractivity contribution in [2.24, 2.45) is 11.3 Å². The molecule has 0 fully saturated rings. The normalized spacial score (nSPS) is 17.5. The molecule has 0 spiro atoms. The third kappa shape index (κ3) is 3.19. The Kier molecular flexibility index (Phi) is 4.40. The highest BCUT2D eigenvalue weighted by molar-refractivity contribution is 7.18. The van der Waals surface area contributed by atoms with Gasteiger partial charge in [0.2, 0.25) is 0 Å². The Morgan fingerprint density at radius 2 is 2.00 bits per heavy atom. The lowest BCUT2D eigenvalue weighted by atomic mass is 9.72. The van der Waals surface area contributed by atoms with Gasteiger partial charge in [-0.3, -0.25) is 4.79 Å². The molecule has 6 heteroatoms. The Morgan fingerprint density at radius 3 is 2.69 bits per heavy atom. The van der Waals surface area contributed by atoms with Crippen molar-refractivity contribution in [3.8, 4) is 0 Å². The van der Waals surface area contributed by atoms with E-state index >= 15 is 0 Å². The van der Waals surface area contributed by atoms with Gasteiger partial charge in [-0.05, 0) is 53.9 Å². The molecular formula is C20H22ClN3OS. The summed E-state index contributed by atoms with van der Waals surface area (Å²) in [5, 5.41) is 9.98. The number of aryl methyl sites for hydroxylation is 1. The van der Waals surface area contributed by atoms with Crippen molar-refractivity contribution in [2.75, 3.05) is 0 Å². The summed E-state index contributed by atoms with van der Waals surface area (Å²) in [6.45, 7) is 7.31. The molecule has 0 saturated heterocycles. The Bertz CT molecular complexity index is 1010. The maximum atomic E-state index is 13.1. The van der Waals surface area contributed by atoms with Gasteiger partial charge in [-0.25, -0.2) is 4.68 Å². The molecule has 1 aliphatic rings. The van der Waals surface area contributed by atoms with E-state index < -0.39 is 0 Å². The number of benzene rings is 1. The molecule has 3 aromatic rings. The predicted octanol–water partition coefficient (Wildman–Crippen LogP) is 4.71. The zero-order valence-electron chi connectivity index (χ0n) is 15.3. The summed E-state index contributed by atoms with van der Waals surface area (Å²) in [7, 11) is 0. The lowest BCUT2D eigenvalue weighted by Gasteiger charge is -2.33. The van der Waals surface area contributed by atoms with E-state index in [1.54, 1.807) is 11.3 Å². The van der Waals surface area contributed by atoms with Crippen LogP contribution >= 0.6 is 22.9 Å². The highest BCUT2D eigenvalue weighted by atomic mass is 35.5. The number of hydrogen-bond acceptors (Lipinski definition) is 4. The molecule has 0 amide bonds. The fraction of sp³-hybridized carbons (Fsp3) is 0.450. The molecule has 1 aliphatic carbocycles. The van der Waals surface area contributed by atoms with Crippen molar-refractivity contribution in [3.05, 3.63) is 55.6 Å². The van der Waals surface area contributed by atoms with Crippen molar-refractivity contribution in [1.82, 2.24) is 15.0 Å². The van der Waals surface area contributed by atoms with E-state index in [0.717, 1.165) is 35.0 Å². The van der Waals surface area contributed by atoms with E-state index in [1.807, 2.05) is 24.3 Å². The SMILES string of the molecule is CC(C)(C)[C@@H]1CCc2c(sc3nnn(Cc4ccc(Cl)cc4)c(=O)c23)C1. The van der Waals surface area contributed by atoms with Crippen LogP contribution in [0, 0.1) is 11.3 Å². The molecule has 2 aromatic heterocycles. The van der Waals surface area contributed by atoms with Gasteiger partial charge in [0.1, 0.15) is 0 Å². The monoisotopic (exact) mass is 387 g/mol. The quantitative estimate of drug-likeness (QED) is 0.640. The summed E-state index contributed by atoms with van der Waals surface area (Å²) in [6, 6.07) is 7.48. The minimum atomic E-state index is -0.0309. The van der Waals surface area contributed by atoms with Crippen molar-refractivity contribution < 1.29 is 0 Å². The van der Waals surface area contributed by atoms with Gasteiger partial charge in [-0.1, -0.05) is 49.7 Å². The molecule has 1 atom stereocenters. The lowest BCUT2D eigenvalue weighted by Crippen LogP contribution is -2.28. The molecule has 2 heterocycles. The molecule has 0 N–H and O–H groups in total. The summed E-state index contributed by atoms with van der Waals surface area (Å²) < 4.78 is 1.47. The highest BCUT2D eigenvalue weighted by Gasteiger charge is 2.31. The van der Waals surface area contributed by atoms with Crippen LogP contribution in [0.25, 0.3) is 10.2 Å². The Balaban J connectivity index is 1.72. The molecule has 4 rings (SSSR count). The standard InChI is InChI=1S/C20H22ClN3OS/c1-20(2,3)13-6-9-15-16(10-13)26-18-17(15)19(25)24(23-22-18)11-12-4-7-14(21)8-5-12/h4-5,7-8,13H,6,9-11H2,1-3H3/t13-/m1/s1. The average Bonchev–Trinajstić information content (AvgIpc) is 2.97. The minimum Gasteiger partial charge on any atom is -0.267 e. The molecule has 0 unspecified atom stereocenters. The molecule has 0 radical (unpaired) electrons. The first kappa shape index (κ1) is 17.7. The van der Waals surface area contributed by atoms with E-state index in [2.05, 4.69) is 31.1 Å². The van der Waals surface area contributed by atoms with E-state index in [-0.39, 0.29) is 11.0 Å². The summed E-state index contributed by atoms with van der Waals surface area (Å²) in [5.74, 6) is 0.646. The van der Waals surface area contributed by atoms with Crippen molar-refractivity contribution in [1.29, 1.82) is 0 Å².